The number of carboxylic acids is 1. The lowest BCUT2D eigenvalue weighted by Crippen LogP contribution is -1.97. The van der Waals surface area contributed by atoms with Crippen LogP contribution < -0.4 is 5.32 Å². The van der Waals surface area contributed by atoms with Crippen molar-refractivity contribution in [3.8, 4) is 0 Å². The zero-order chi connectivity index (χ0) is 10.8. The number of carbonyl (C=O) groups is 1. The topological polar surface area (TPSA) is 62.2 Å². The summed E-state index contributed by atoms with van der Waals surface area (Å²) in [5, 5.41) is 12.7. The van der Waals surface area contributed by atoms with E-state index >= 15 is 0 Å². The molecule has 1 heterocycles. The molecular weight excluding hydrogens is 192 g/mol. The van der Waals surface area contributed by atoms with Crippen LogP contribution in [0.25, 0.3) is 10.9 Å². The molecule has 2 rings (SSSR count). The standard InChI is InChI=1S/C11H10N2O2/c1-12-9-4-5-13-10-3-2-7(11(14)15)6-8(9)10/h2-6H,1H3,(H,12,13)(H,14,15). The van der Waals surface area contributed by atoms with Gasteiger partial charge in [-0.25, -0.2) is 4.79 Å². The highest BCUT2D eigenvalue weighted by Crippen LogP contribution is 2.22. The Morgan fingerprint density at radius 2 is 2.20 bits per heavy atom. The van der Waals surface area contributed by atoms with Gasteiger partial charge in [0.25, 0.3) is 0 Å². The second-order valence-corrected chi connectivity index (χ2v) is 3.15. The van der Waals surface area contributed by atoms with Gasteiger partial charge in [0.1, 0.15) is 0 Å². The Morgan fingerprint density at radius 1 is 1.40 bits per heavy atom. The minimum absolute atomic E-state index is 0.270. The van der Waals surface area contributed by atoms with Crippen molar-refractivity contribution < 1.29 is 9.90 Å². The summed E-state index contributed by atoms with van der Waals surface area (Å²) >= 11 is 0. The number of aromatic carboxylic acids is 1. The largest absolute Gasteiger partial charge is 0.478 e. The molecule has 0 aliphatic rings. The number of pyridine rings is 1. The molecule has 4 heteroatoms. The molecule has 0 aliphatic carbocycles. The number of hydrogen-bond donors (Lipinski definition) is 2. The van der Waals surface area contributed by atoms with Gasteiger partial charge in [0, 0.05) is 24.3 Å². The molecule has 0 radical (unpaired) electrons. The summed E-state index contributed by atoms with van der Waals surface area (Å²) in [4.78, 5) is 15.0. The van der Waals surface area contributed by atoms with Crippen LogP contribution in [0.5, 0.6) is 0 Å². The molecule has 0 saturated carbocycles. The number of aromatic nitrogens is 1. The van der Waals surface area contributed by atoms with Gasteiger partial charge in [-0.2, -0.15) is 0 Å². The molecular formula is C11H10N2O2. The zero-order valence-corrected chi connectivity index (χ0v) is 8.19. The highest BCUT2D eigenvalue weighted by molar-refractivity contribution is 5.97. The van der Waals surface area contributed by atoms with Crippen LogP contribution in [-0.2, 0) is 0 Å². The summed E-state index contributed by atoms with van der Waals surface area (Å²) < 4.78 is 0. The molecule has 0 unspecified atom stereocenters. The van der Waals surface area contributed by atoms with Gasteiger partial charge in [-0.3, -0.25) is 4.98 Å². The predicted octanol–water partition coefficient (Wildman–Crippen LogP) is 1.97. The van der Waals surface area contributed by atoms with Crippen LogP contribution in [0.4, 0.5) is 5.69 Å². The van der Waals surface area contributed by atoms with Gasteiger partial charge in [0.15, 0.2) is 0 Å². The maximum absolute atomic E-state index is 10.8. The summed E-state index contributed by atoms with van der Waals surface area (Å²) in [7, 11) is 1.79. The van der Waals surface area contributed by atoms with E-state index in [1.54, 1.807) is 31.4 Å². The Kier molecular flexibility index (Phi) is 2.25. The van der Waals surface area contributed by atoms with E-state index in [1.807, 2.05) is 6.07 Å². The highest BCUT2D eigenvalue weighted by atomic mass is 16.4. The number of carboxylic acid groups (broad SMARTS) is 1. The molecule has 0 fully saturated rings. The van der Waals surface area contributed by atoms with Gasteiger partial charge in [0.2, 0.25) is 0 Å². The Bertz CT molecular complexity index is 523. The van der Waals surface area contributed by atoms with Crippen molar-refractivity contribution in [1.82, 2.24) is 4.98 Å². The van der Waals surface area contributed by atoms with Crippen LogP contribution in [0.2, 0.25) is 0 Å². The number of anilines is 1. The lowest BCUT2D eigenvalue weighted by Gasteiger charge is -2.05. The highest BCUT2D eigenvalue weighted by Gasteiger charge is 2.06. The van der Waals surface area contributed by atoms with Gasteiger partial charge < -0.3 is 10.4 Å². The summed E-state index contributed by atoms with van der Waals surface area (Å²) in [5.41, 5.74) is 1.93. The fraction of sp³-hybridized carbons (Fsp3) is 0.0909. The van der Waals surface area contributed by atoms with Gasteiger partial charge in [-0.05, 0) is 24.3 Å². The average molecular weight is 202 g/mol. The molecule has 4 nitrogen and oxygen atoms in total. The summed E-state index contributed by atoms with van der Waals surface area (Å²) in [6.07, 6.45) is 1.69. The molecule has 0 aliphatic heterocycles. The molecule has 1 aromatic heterocycles. The number of nitrogens with one attached hydrogen (secondary N) is 1. The first kappa shape index (κ1) is 9.45. The van der Waals surface area contributed by atoms with E-state index in [0.717, 1.165) is 16.6 Å². The number of rotatable bonds is 2. The minimum Gasteiger partial charge on any atom is -0.478 e. The maximum Gasteiger partial charge on any atom is 0.335 e. The fourth-order valence-corrected chi connectivity index (χ4v) is 1.50. The third kappa shape index (κ3) is 1.61. The SMILES string of the molecule is CNc1ccnc2ccc(C(=O)O)cc12. The second kappa shape index (κ2) is 3.57. The van der Waals surface area contributed by atoms with Crippen molar-refractivity contribution >= 4 is 22.6 Å². The monoisotopic (exact) mass is 202 g/mol. The first-order valence-electron chi connectivity index (χ1n) is 4.52. The van der Waals surface area contributed by atoms with Crippen molar-refractivity contribution in [1.29, 1.82) is 0 Å². The van der Waals surface area contributed by atoms with E-state index < -0.39 is 5.97 Å². The van der Waals surface area contributed by atoms with Gasteiger partial charge >= 0.3 is 5.97 Å². The Labute approximate surface area is 86.6 Å². The predicted molar refractivity (Wildman–Crippen MR) is 58.2 cm³/mol. The Hall–Kier alpha value is -2.10. The molecule has 76 valence electrons. The van der Waals surface area contributed by atoms with Crippen LogP contribution >= 0.6 is 0 Å². The van der Waals surface area contributed by atoms with Gasteiger partial charge in [-0.1, -0.05) is 0 Å². The lowest BCUT2D eigenvalue weighted by atomic mass is 10.1. The average Bonchev–Trinajstić information content (AvgIpc) is 2.27. The number of hydrogen-bond acceptors (Lipinski definition) is 3. The van der Waals surface area contributed by atoms with E-state index in [9.17, 15) is 4.79 Å². The molecule has 0 saturated heterocycles. The normalized spacial score (nSPS) is 10.2. The summed E-state index contributed by atoms with van der Waals surface area (Å²) in [6.45, 7) is 0. The minimum atomic E-state index is -0.928. The molecule has 0 bridgehead atoms. The van der Waals surface area contributed by atoms with Crippen LogP contribution in [-0.4, -0.2) is 23.1 Å². The number of fused-ring (bicyclic) bond motifs is 1. The molecule has 15 heavy (non-hydrogen) atoms. The first-order chi connectivity index (χ1) is 7.22. The lowest BCUT2D eigenvalue weighted by molar-refractivity contribution is 0.0697. The summed E-state index contributed by atoms with van der Waals surface area (Å²) in [6, 6.07) is 6.70. The van der Waals surface area contributed by atoms with E-state index in [2.05, 4.69) is 10.3 Å². The first-order valence-corrected chi connectivity index (χ1v) is 4.52. The molecule has 1 aromatic carbocycles. The van der Waals surface area contributed by atoms with E-state index in [-0.39, 0.29) is 5.56 Å². The van der Waals surface area contributed by atoms with Crippen molar-refractivity contribution in [3.05, 3.63) is 36.0 Å². The summed E-state index contributed by atoms with van der Waals surface area (Å²) in [5.74, 6) is -0.928. The maximum atomic E-state index is 10.8. The van der Waals surface area contributed by atoms with E-state index in [1.165, 1.54) is 0 Å². The molecule has 0 atom stereocenters. The van der Waals surface area contributed by atoms with Crippen molar-refractivity contribution in [2.45, 2.75) is 0 Å². The van der Waals surface area contributed by atoms with Crippen molar-refractivity contribution in [3.63, 3.8) is 0 Å². The van der Waals surface area contributed by atoms with Crippen molar-refractivity contribution in [2.75, 3.05) is 12.4 Å². The second-order valence-electron chi connectivity index (χ2n) is 3.15. The number of benzene rings is 1. The van der Waals surface area contributed by atoms with E-state index in [0.29, 0.717) is 0 Å². The van der Waals surface area contributed by atoms with Crippen molar-refractivity contribution in [2.24, 2.45) is 0 Å². The third-order valence-electron chi connectivity index (χ3n) is 2.26. The van der Waals surface area contributed by atoms with Crippen LogP contribution in [0, 0.1) is 0 Å². The van der Waals surface area contributed by atoms with Crippen LogP contribution in [0.15, 0.2) is 30.5 Å². The molecule has 0 amide bonds. The smallest absolute Gasteiger partial charge is 0.335 e. The Balaban J connectivity index is 2.72. The zero-order valence-electron chi connectivity index (χ0n) is 8.19. The van der Waals surface area contributed by atoms with E-state index in [4.69, 9.17) is 5.11 Å². The fourth-order valence-electron chi connectivity index (χ4n) is 1.50. The van der Waals surface area contributed by atoms with Gasteiger partial charge in [-0.15, -0.1) is 0 Å². The number of nitrogens with zero attached hydrogens (tertiary/aromatic N) is 1. The molecule has 2 aromatic rings. The molecule has 0 spiro atoms. The third-order valence-corrected chi connectivity index (χ3v) is 2.26. The van der Waals surface area contributed by atoms with Gasteiger partial charge in [0.05, 0.1) is 11.1 Å². The molecule has 2 N–H and O–H groups in total. The Morgan fingerprint density at radius 3 is 2.87 bits per heavy atom. The quantitative estimate of drug-likeness (QED) is 0.781. The van der Waals surface area contributed by atoms with Crippen LogP contribution in [0.1, 0.15) is 10.4 Å². The van der Waals surface area contributed by atoms with Crippen LogP contribution in [0.3, 0.4) is 0 Å².